The molecule has 0 fully saturated rings. The van der Waals surface area contributed by atoms with E-state index in [1.807, 2.05) is 6.92 Å². The quantitative estimate of drug-likeness (QED) is 0.292. The molecule has 1 rings (SSSR count). The monoisotopic (exact) mass is 257 g/mol. The fourth-order valence-electron chi connectivity index (χ4n) is 1.32. The largest absolute Gasteiger partial charge is 0.353 e. The molecule has 1 unspecified atom stereocenters. The maximum Gasteiger partial charge on any atom is 0.306 e. The van der Waals surface area contributed by atoms with Crippen molar-refractivity contribution in [1.29, 1.82) is 0 Å². The molecule has 1 atom stereocenters. The Bertz CT molecular complexity index is 367. The number of ether oxygens (including phenoxy) is 2. The third-order valence-electron chi connectivity index (χ3n) is 2.35. The third kappa shape index (κ3) is 5.24. The van der Waals surface area contributed by atoms with Crippen molar-refractivity contribution in [3.8, 4) is 0 Å². The van der Waals surface area contributed by atoms with Crippen molar-refractivity contribution in [2.45, 2.75) is 39.5 Å². The van der Waals surface area contributed by atoms with Crippen LogP contribution in [-0.4, -0.2) is 34.2 Å². The lowest BCUT2D eigenvalue weighted by Crippen LogP contribution is -2.17. The van der Waals surface area contributed by atoms with E-state index in [9.17, 15) is 10.1 Å². The minimum absolute atomic E-state index is 0.0118. The number of hydrogen-bond donors (Lipinski definition) is 0. The van der Waals surface area contributed by atoms with E-state index in [0.717, 1.165) is 12.8 Å². The Balaban J connectivity index is 2.18. The van der Waals surface area contributed by atoms with Gasteiger partial charge in [-0.05, 0) is 13.3 Å². The summed E-state index contributed by atoms with van der Waals surface area (Å²) < 4.78 is 12.3. The zero-order chi connectivity index (χ0) is 13.4. The fraction of sp³-hybridized carbons (Fsp3) is 0.727. The number of rotatable bonds is 9. The number of unbranched alkanes of at least 4 members (excludes halogenated alkanes) is 1. The molecule has 18 heavy (non-hydrogen) atoms. The predicted molar refractivity (Wildman–Crippen MR) is 65.2 cm³/mol. The lowest BCUT2D eigenvalue weighted by Gasteiger charge is -2.13. The summed E-state index contributed by atoms with van der Waals surface area (Å²) >= 11 is 0. The van der Waals surface area contributed by atoms with Gasteiger partial charge in [0.25, 0.3) is 0 Å². The molecule has 1 aromatic heterocycles. The van der Waals surface area contributed by atoms with Gasteiger partial charge in [0.05, 0.1) is 18.1 Å². The Morgan fingerprint density at radius 2 is 2.22 bits per heavy atom. The second-order valence-corrected chi connectivity index (χ2v) is 3.88. The van der Waals surface area contributed by atoms with Crippen molar-refractivity contribution in [1.82, 2.24) is 9.78 Å². The van der Waals surface area contributed by atoms with Gasteiger partial charge in [0, 0.05) is 6.61 Å². The second kappa shape index (κ2) is 7.78. The first-order chi connectivity index (χ1) is 8.63. The maximum absolute atomic E-state index is 10.4. The summed E-state index contributed by atoms with van der Waals surface area (Å²) in [5, 5.41) is 14.3. The average Bonchev–Trinajstić information content (AvgIpc) is 2.78. The molecule has 0 radical (unpaired) electrons. The van der Waals surface area contributed by atoms with Crippen LogP contribution in [0.4, 0.5) is 5.69 Å². The zero-order valence-corrected chi connectivity index (χ0v) is 10.7. The molecule has 0 saturated heterocycles. The molecule has 0 aliphatic rings. The first kappa shape index (κ1) is 14.6. The maximum atomic E-state index is 10.4. The van der Waals surface area contributed by atoms with Crippen molar-refractivity contribution in [3.05, 3.63) is 22.5 Å². The second-order valence-electron chi connectivity index (χ2n) is 3.88. The molecule has 102 valence electrons. The highest BCUT2D eigenvalue weighted by Gasteiger charge is 2.08. The Morgan fingerprint density at radius 1 is 1.50 bits per heavy atom. The lowest BCUT2D eigenvalue weighted by molar-refractivity contribution is -0.385. The van der Waals surface area contributed by atoms with E-state index in [2.05, 4.69) is 12.0 Å². The zero-order valence-electron chi connectivity index (χ0n) is 10.7. The molecule has 7 heteroatoms. The molecule has 1 aromatic rings. The van der Waals surface area contributed by atoms with Crippen LogP contribution in [0.2, 0.25) is 0 Å². The highest BCUT2D eigenvalue weighted by Crippen LogP contribution is 2.07. The molecule has 0 bridgehead atoms. The van der Waals surface area contributed by atoms with Crippen LogP contribution in [0.3, 0.4) is 0 Å². The molecular formula is C11H19N3O4. The van der Waals surface area contributed by atoms with Gasteiger partial charge in [0.15, 0.2) is 6.29 Å². The van der Waals surface area contributed by atoms with Crippen LogP contribution in [0.1, 0.15) is 26.7 Å². The van der Waals surface area contributed by atoms with Gasteiger partial charge in [-0.15, -0.1) is 0 Å². The molecule has 0 saturated carbocycles. The molecule has 7 nitrogen and oxygen atoms in total. The van der Waals surface area contributed by atoms with Gasteiger partial charge < -0.3 is 9.47 Å². The van der Waals surface area contributed by atoms with Crippen LogP contribution in [0.15, 0.2) is 12.4 Å². The van der Waals surface area contributed by atoms with Gasteiger partial charge >= 0.3 is 5.69 Å². The van der Waals surface area contributed by atoms with E-state index in [4.69, 9.17) is 9.47 Å². The van der Waals surface area contributed by atoms with E-state index in [1.54, 1.807) is 0 Å². The summed E-state index contributed by atoms with van der Waals surface area (Å²) in [5.74, 6) is 0. The van der Waals surface area contributed by atoms with Gasteiger partial charge in [-0.3, -0.25) is 14.8 Å². The summed E-state index contributed by atoms with van der Waals surface area (Å²) in [5.41, 5.74) is -0.0118. The molecule has 0 aromatic carbocycles. The van der Waals surface area contributed by atoms with Crippen LogP contribution < -0.4 is 0 Å². The molecule has 0 amide bonds. The normalized spacial score (nSPS) is 12.6. The Morgan fingerprint density at radius 3 is 2.83 bits per heavy atom. The van der Waals surface area contributed by atoms with Crippen LogP contribution in [0, 0.1) is 10.1 Å². The summed E-state index contributed by atoms with van der Waals surface area (Å²) in [4.78, 5) is 9.97. The van der Waals surface area contributed by atoms with Crippen molar-refractivity contribution in [2.24, 2.45) is 0 Å². The number of nitro groups is 1. The molecule has 0 aliphatic heterocycles. The lowest BCUT2D eigenvalue weighted by atomic mass is 10.4. The van der Waals surface area contributed by atoms with Crippen LogP contribution in [0.25, 0.3) is 0 Å². The topological polar surface area (TPSA) is 79.4 Å². The van der Waals surface area contributed by atoms with E-state index in [-0.39, 0.29) is 12.0 Å². The Labute approximate surface area is 106 Å². The van der Waals surface area contributed by atoms with Crippen LogP contribution >= 0.6 is 0 Å². The molecule has 0 spiro atoms. The van der Waals surface area contributed by atoms with Crippen LogP contribution in [0.5, 0.6) is 0 Å². The molecule has 1 heterocycles. The van der Waals surface area contributed by atoms with Gasteiger partial charge in [-0.1, -0.05) is 13.3 Å². The van der Waals surface area contributed by atoms with Crippen molar-refractivity contribution >= 4 is 5.69 Å². The summed E-state index contributed by atoms with van der Waals surface area (Å²) in [6.45, 7) is 5.49. The number of hydrogen-bond acceptors (Lipinski definition) is 5. The first-order valence-corrected chi connectivity index (χ1v) is 6.03. The summed E-state index contributed by atoms with van der Waals surface area (Å²) in [6.07, 6.45) is 4.44. The summed E-state index contributed by atoms with van der Waals surface area (Å²) in [7, 11) is 0. The van der Waals surface area contributed by atoms with Gasteiger partial charge in [0.2, 0.25) is 0 Å². The van der Waals surface area contributed by atoms with Crippen molar-refractivity contribution in [2.75, 3.05) is 13.2 Å². The van der Waals surface area contributed by atoms with Gasteiger partial charge in [-0.25, -0.2) is 0 Å². The van der Waals surface area contributed by atoms with Crippen LogP contribution in [-0.2, 0) is 16.0 Å². The van der Waals surface area contributed by atoms with E-state index >= 15 is 0 Å². The van der Waals surface area contributed by atoms with Gasteiger partial charge in [-0.2, -0.15) is 5.10 Å². The van der Waals surface area contributed by atoms with E-state index < -0.39 is 4.92 Å². The minimum Gasteiger partial charge on any atom is -0.353 e. The predicted octanol–water partition coefficient (Wildman–Crippen LogP) is 1.97. The summed E-state index contributed by atoms with van der Waals surface area (Å²) in [6, 6.07) is 0. The van der Waals surface area contributed by atoms with Crippen molar-refractivity contribution in [3.63, 3.8) is 0 Å². The highest BCUT2D eigenvalue weighted by atomic mass is 16.7. The number of aromatic nitrogens is 2. The Hall–Kier alpha value is -1.47. The molecular weight excluding hydrogens is 238 g/mol. The third-order valence-corrected chi connectivity index (χ3v) is 2.35. The van der Waals surface area contributed by atoms with E-state index in [1.165, 1.54) is 17.1 Å². The standard InChI is InChI=1S/C11H19N3O4/c1-3-4-6-17-10(2)18-7-5-13-9-11(8-12-13)14(15)16/h8-10H,3-7H2,1-2H3. The fourth-order valence-corrected chi connectivity index (χ4v) is 1.32. The SMILES string of the molecule is CCCCOC(C)OCCn1cc([N+](=O)[O-])cn1. The Kier molecular flexibility index (Phi) is 6.31. The number of nitrogens with zero attached hydrogens (tertiary/aromatic N) is 3. The molecule has 0 aliphatic carbocycles. The minimum atomic E-state index is -0.471. The van der Waals surface area contributed by atoms with Crippen molar-refractivity contribution < 1.29 is 14.4 Å². The molecule has 0 N–H and O–H groups in total. The highest BCUT2D eigenvalue weighted by molar-refractivity contribution is 5.20. The smallest absolute Gasteiger partial charge is 0.306 e. The first-order valence-electron chi connectivity index (χ1n) is 6.03. The van der Waals surface area contributed by atoms with Gasteiger partial charge in [0.1, 0.15) is 12.4 Å². The van der Waals surface area contributed by atoms with E-state index in [0.29, 0.717) is 19.8 Å². The average molecular weight is 257 g/mol.